The maximum Gasteiger partial charge on any atom is 0.449 e. The zero-order valence-corrected chi connectivity index (χ0v) is 17.1. The third kappa shape index (κ3) is 4.59. The third-order valence-electron chi connectivity index (χ3n) is 5.09. The summed E-state index contributed by atoms with van der Waals surface area (Å²) in [5.74, 6) is -0.692. The number of para-hydroxylation sites is 1. The fourth-order valence-electron chi connectivity index (χ4n) is 3.58. The summed E-state index contributed by atoms with van der Waals surface area (Å²) in [5, 5.41) is 3.00. The Balaban J connectivity index is 1.66. The van der Waals surface area contributed by atoms with Gasteiger partial charge in [-0.05, 0) is 29.3 Å². The van der Waals surface area contributed by atoms with Crippen molar-refractivity contribution in [2.75, 3.05) is 7.11 Å². The SMILES string of the molecule is COc1ccccc1CC(=O)NC(c1ccccc1)c1ccc2nc(C(F)(F)F)[nH]c2c1. The lowest BCUT2D eigenvalue weighted by Gasteiger charge is -2.20. The van der Waals surface area contributed by atoms with Crippen molar-refractivity contribution >= 4 is 16.9 Å². The highest BCUT2D eigenvalue weighted by Gasteiger charge is 2.34. The summed E-state index contributed by atoms with van der Waals surface area (Å²) in [6.07, 6.45) is -4.47. The minimum Gasteiger partial charge on any atom is -0.496 e. The number of hydrogen-bond donors (Lipinski definition) is 2. The molecule has 0 fully saturated rings. The fourth-order valence-corrected chi connectivity index (χ4v) is 3.58. The molecule has 4 aromatic rings. The number of carbonyl (C=O) groups excluding carboxylic acids is 1. The number of amides is 1. The van der Waals surface area contributed by atoms with Gasteiger partial charge in [0.15, 0.2) is 0 Å². The molecule has 3 aromatic carbocycles. The first-order chi connectivity index (χ1) is 15.3. The van der Waals surface area contributed by atoms with Crippen molar-refractivity contribution in [3.05, 3.63) is 95.3 Å². The van der Waals surface area contributed by atoms with Gasteiger partial charge in [0.25, 0.3) is 0 Å². The summed E-state index contributed by atoms with van der Waals surface area (Å²) >= 11 is 0. The average molecular weight is 439 g/mol. The van der Waals surface area contributed by atoms with E-state index in [-0.39, 0.29) is 23.4 Å². The molecule has 32 heavy (non-hydrogen) atoms. The van der Waals surface area contributed by atoms with E-state index in [9.17, 15) is 18.0 Å². The number of nitrogens with zero attached hydrogens (tertiary/aromatic N) is 1. The number of carbonyl (C=O) groups is 1. The monoisotopic (exact) mass is 439 g/mol. The van der Waals surface area contributed by atoms with Gasteiger partial charge in [0, 0.05) is 5.56 Å². The standard InChI is InChI=1S/C24H20F3N3O2/c1-32-20-10-6-5-9-16(20)14-21(31)30-22(15-7-3-2-4-8-15)17-11-12-18-19(13-17)29-23(28-18)24(25,26)27/h2-13,22H,14H2,1H3,(H,28,29)(H,30,31). The Kier molecular flexibility index (Phi) is 5.85. The predicted molar refractivity (Wildman–Crippen MR) is 114 cm³/mol. The van der Waals surface area contributed by atoms with Gasteiger partial charge in [-0.3, -0.25) is 4.79 Å². The number of halogens is 3. The van der Waals surface area contributed by atoms with Crippen LogP contribution in [0.1, 0.15) is 28.6 Å². The van der Waals surface area contributed by atoms with Crippen LogP contribution in [-0.2, 0) is 17.4 Å². The molecule has 164 valence electrons. The Hall–Kier alpha value is -3.81. The molecule has 0 saturated heterocycles. The number of fused-ring (bicyclic) bond motifs is 1. The van der Waals surface area contributed by atoms with E-state index in [1.54, 1.807) is 25.3 Å². The van der Waals surface area contributed by atoms with Crippen LogP contribution in [0.2, 0.25) is 0 Å². The van der Waals surface area contributed by atoms with Crippen molar-refractivity contribution in [2.45, 2.75) is 18.6 Å². The van der Waals surface area contributed by atoms with E-state index >= 15 is 0 Å². The van der Waals surface area contributed by atoms with Gasteiger partial charge in [0.05, 0.1) is 30.6 Å². The highest BCUT2D eigenvalue weighted by Crippen LogP contribution is 2.30. The maximum absolute atomic E-state index is 13.0. The second kappa shape index (κ2) is 8.74. The summed E-state index contributed by atoms with van der Waals surface area (Å²) in [4.78, 5) is 18.8. The van der Waals surface area contributed by atoms with Crippen molar-refractivity contribution in [3.8, 4) is 5.75 Å². The van der Waals surface area contributed by atoms with Gasteiger partial charge >= 0.3 is 6.18 Å². The lowest BCUT2D eigenvalue weighted by atomic mass is 9.97. The van der Waals surface area contributed by atoms with Crippen LogP contribution in [0.25, 0.3) is 11.0 Å². The quantitative estimate of drug-likeness (QED) is 0.442. The van der Waals surface area contributed by atoms with E-state index in [0.29, 0.717) is 11.3 Å². The summed E-state index contributed by atoms with van der Waals surface area (Å²) < 4.78 is 44.4. The molecule has 1 heterocycles. The van der Waals surface area contributed by atoms with Gasteiger partial charge in [-0.25, -0.2) is 4.98 Å². The van der Waals surface area contributed by atoms with Gasteiger partial charge in [0.2, 0.25) is 11.7 Å². The zero-order chi connectivity index (χ0) is 22.7. The molecule has 8 heteroatoms. The average Bonchev–Trinajstić information content (AvgIpc) is 3.22. The van der Waals surface area contributed by atoms with E-state index in [1.165, 1.54) is 6.07 Å². The number of aromatic nitrogens is 2. The van der Waals surface area contributed by atoms with Gasteiger partial charge in [0.1, 0.15) is 5.75 Å². The lowest BCUT2D eigenvalue weighted by molar-refractivity contribution is -0.144. The van der Waals surface area contributed by atoms with Crippen LogP contribution >= 0.6 is 0 Å². The summed E-state index contributed by atoms with van der Waals surface area (Å²) in [5.41, 5.74) is 2.62. The zero-order valence-electron chi connectivity index (χ0n) is 17.1. The van der Waals surface area contributed by atoms with Crippen molar-refractivity contribution in [2.24, 2.45) is 0 Å². The largest absolute Gasteiger partial charge is 0.496 e. The van der Waals surface area contributed by atoms with Crippen LogP contribution in [0.15, 0.2) is 72.8 Å². The lowest BCUT2D eigenvalue weighted by Crippen LogP contribution is -2.30. The predicted octanol–water partition coefficient (Wildman–Crippen LogP) is 5.04. The number of rotatable bonds is 6. The number of nitrogens with one attached hydrogen (secondary N) is 2. The number of alkyl halides is 3. The first-order valence-electron chi connectivity index (χ1n) is 9.88. The molecule has 0 aliphatic heterocycles. The Morgan fingerprint density at radius 1 is 1.03 bits per heavy atom. The molecular weight excluding hydrogens is 419 g/mol. The molecule has 0 spiro atoms. The number of aromatic amines is 1. The molecule has 0 saturated carbocycles. The number of benzene rings is 3. The molecule has 5 nitrogen and oxygen atoms in total. The van der Waals surface area contributed by atoms with Gasteiger partial charge in [-0.2, -0.15) is 13.2 Å². The van der Waals surface area contributed by atoms with Crippen molar-refractivity contribution < 1.29 is 22.7 Å². The molecule has 0 bridgehead atoms. The second-order valence-electron chi connectivity index (χ2n) is 7.26. The smallest absolute Gasteiger partial charge is 0.449 e. The van der Waals surface area contributed by atoms with E-state index in [2.05, 4.69) is 15.3 Å². The number of H-pyrrole nitrogens is 1. The maximum atomic E-state index is 13.0. The molecule has 1 amide bonds. The highest BCUT2D eigenvalue weighted by atomic mass is 19.4. The topological polar surface area (TPSA) is 67.0 Å². The molecular formula is C24H20F3N3O2. The van der Waals surface area contributed by atoms with E-state index in [0.717, 1.165) is 11.1 Å². The van der Waals surface area contributed by atoms with Crippen molar-refractivity contribution in [1.82, 2.24) is 15.3 Å². The van der Waals surface area contributed by atoms with E-state index < -0.39 is 18.0 Å². The van der Waals surface area contributed by atoms with Crippen molar-refractivity contribution in [3.63, 3.8) is 0 Å². The molecule has 4 rings (SSSR count). The van der Waals surface area contributed by atoms with Crippen molar-refractivity contribution in [1.29, 1.82) is 0 Å². The Morgan fingerprint density at radius 3 is 2.47 bits per heavy atom. The normalized spacial score (nSPS) is 12.5. The molecule has 0 aliphatic carbocycles. The van der Waals surface area contributed by atoms with Crippen LogP contribution < -0.4 is 10.1 Å². The molecule has 1 unspecified atom stereocenters. The highest BCUT2D eigenvalue weighted by molar-refractivity contribution is 5.81. The van der Waals surface area contributed by atoms with E-state index in [4.69, 9.17) is 4.74 Å². The molecule has 0 aliphatic rings. The summed E-state index contributed by atoms with van der Waals surface area (Å²) in [6.45, 7) is 0. The molecule has 0 radical (unpaired) electrons. The summed E-state index contributed by atoms with van der Waals surface area (Å²) in [6, 6.07) is 20.7. The first-order valence-corrected chi connectivity index (χ1v) is 9.88. The van der Waals surface area contributed by atoms with Crippen LogP contribution in [-0.4, -0.2) is 23.0 Å². The number of imidazole rings is 1. The number of ether oxygens (including phenoxy) is 1. The Morgan fingerprint density at radius 2 is 1.75 bits per heavy atom. The first kappa shape index (κ1) is 21.4. The van der Waals surface area contributed by atoms with Crippen LogP contribution in [0.3, 0.4) is 0 Å². The fraction of sp³-hybridized carbons (Fsp3) is 0.167. The summed E-state index contributed by atoms with van der Waals surface area (Å²) in [7, 11) is 1.54. The molecule has 2 N–H and O–H groups in total. The van der Waals surface area contributed by atoms with Crippen LogP contribution in [0.4, 0.5) is 13.2 Å². The number of methoxy groups -OCH3 is 1. The minimum atomic E-state index is -4.57. The van der Waals surface area contributed by atoms with Crippen LogP contribution in [0, 0.1) is 0 Å². The molecule has 1 aromatic heterocycles. The van der Waals surface area contributed by atoms with Gasteiger partial charge in [-0.15, -0.1) is 0 Å². The van der Waals surface area contributed by atoms with Gasteiger partial charge < -0.3 is 15.0 Å². The molecule has 1 atom stereocenters. The second-order valence-corrected chi connectivity index (χ2v) is 7.26. The van der Waals surface area contributed by atoms with Crippen LogP contribution in [0.5, 0.6) is 5.75 Å². The number of hydrogen-bond acceptors (Lipinski definition) is 3. The van der Waals surface area contributed by atoms with E-state index in [1.807, 2.05) is 48.5 Å². The Labute approximate surface area is 182 Å². The Bertz CT molecular complexity index is 1240. The van der Waals surface area contributed by atoms with Gasteiger partial charge in [-0.1, -0.05) is 54.6 Å². The third-order valence-corrected chi connectivity index (χ3v) is 5.09. The minimum absolute atomic E-state index is 0.0951.